The van der Waals surface area contributed by atoms with E-state index in [-0.39, 0.29) is 14.9 Å². The van der Waals surface area contributed by atoms with E-state index in [1.54, 1.807) is 7.05 Å². The highest BCUT2D eigenvalue weighted by molar-refractivity contribution is 9.09. The van der Waals surface area contributed by atoms with Crippen LogP contribution in [-0.4, -0.2) is 29.6 Å². The van der Waals surface area contributed by atoms with Crippen molar-refractivity contribution in [3.63, 3.8) is 0 Å². The number of aromatic nitrogens is 2. The number of halogens is 2. The van der Waals surface area contributed by atoms with Gasteiger partial charge >= 0.3 is 0 Å². The molecule has 8 heteroatoms. The molecular formula is C11H19BrClN3O2S. The molecule has 1 rings (SSSR count). The van der Waals surface area contributed by atoms with Gasteiger partial charge in [0, 0.05) is 18.4 Å². The van der Waals surface area contributed by atoms with E-state index in [2.05, 4.69) is 39.6 Å². The molecule has 1 N–H and O–H groups in total. The Kier molecular flexibility index (Phi) is 6.29. The fourth-order valence-corrected chi connectivity index (χ4v) is 4.76. The van der Waals surface area contributed by atoms with Crippen LogP contribution in [0.3, 0.4) is 0 Å². The van der Waals surface area contributed by atoms with Gasteiger partial charge in [0.25, 0.3) is 10.0 Å². The van der Waals surface area contributed by atoms with Gasteiger partial charge in [-0.25, -0.2) is 13.1 Å². The van der Waals surface area contributed by atoms with Crippen molar-refractivity contribution in [1.82, 2.24) is 14.5 Å². The fourth-order valence-electron chi connectivity index (χ4n) is 1.93. The van der Waals surface area contributed by atoms with Crippen LogP contribution in [0.25, 0.3) is 0 Å². The van der Waals surface area contributed by atoms with Gasteiger partial charge in [0.1, 0.15) is 0 Å². The average Bonchev–Trinajstić information content (AvgIpc) is 2.69. The summed E-state index contributed by atoms with van der Waals surface area (Å²) >= 11 is 9.38. The van der Waals surface area contributed by atoms with Crippen molar-refractivity contribution in [2.45, 2.75) is 36.5 Å². The lowest BCUT2D eigenvalue weighted by Crippen LogP contribution is -2.34. The monoisotopic (exact) mass is 371 g/mol. The lowest BCUT2D eigenvalue weighted by molar-refractivity contribution is 0.470. The minimum atomic E-state index is -3.63. The lowest BCUT2D eigenvalue weighted by atomic mass is 10.00. The van der Waals surface area contributed by atoms with Gasteiger partial charge in [0.2, 0.25) is 0 Å². The van der Waals surface area contributed by atoms with Crippen molar-refractivity contribution in [3.8, 4) is 0 Å². The second kappa shape index (κ2) is 7.06. The predicted molar refractivity (Wildman–Crippen MR) is 80.2 cm³/mol. The van der Waals surface area contributed by atoms with E-state index in [0.717, 1.165) is 12.8 Å². The van der Waals surface area contributed by atoms with E-state index < -0.39 is 10.0 Å². The van der Waals surface area contributed by atoms with Crippen LogP contribution in [-0.2, 0) is 17.1 Å². The number of hydrogen-bond donors (Lipinski definition) is 1. The molecule has 0 aliphatic rings. The van der Waals surface area contributed by atoms with Gasteiger partial charge in [-0.2, -0.15) is 5.10 Å². The summed E-state index contributed by atoms with van der Waals surface area (Å²) in [6, 6.07) is 0. The van der Waals surface area contributed by atoms with Crippen LogP contribution in [0.5, 0.6) is 0 Å². The zero-order valence-electron chi connectivity index (χ0n) is 11.2. The Morgan fingerprint density at radius 2 is 2.05 bits per heavy atom. The first-order valence-electron chi connectivity index (χ1n) is 6.14. The van der Waals surface area contributed by atoms with Gasteiger partial charge in [-0.05, 0) is 5.92 Å². The normalized spacial score (nSPS) is 14.0. The number of alkyl halides is 1. The van der Waals surface area contributed by atoms with Crippen LogP contribution < -0.4 is 4.72 Å². The van der Waals surface area contributed by atoms with Crippen LogP contribution in [0, 0.1) is 5.92 Å². The molecule has 0 aromatic carbocycles. The van der Waals surface area contributed by atoms with Crippen molar-refractivity contribution in [2.75, 3.05) is 6.54 Å². The Balaban J connectivity index is 2.77. The molecule has 1 unspecified atom stereocenters. The fraction of sp³-hybridized carbons (Fsp3) is 0.727. The lowest BCUT2D eigenvalue weighted by Gasteiger charge is -2.19. The Hall–Kier alpha value is -0.110. The quantitative estimate of drug-likeness (QED) is 0.748. The predicted octanol–water partition coefficient (Wildman–Crippen LogP) is 2.55. The molecule has 1 aromatic rings. The minimum Gasteiger partial charge on any atom is -0.255 e. The van der Waals surface area contributed by atoms with Gasteiger partial charge in [0.15, 0.2) is 5.03 Å². The Labute approximate surface area is 127 Å². The molecule has 0 spiro atoms. The molecule has 0 amide bonds. The molecular weight excluding hydrogens is 354 g/mol. The number of rotatable bonds is 7. The summed E-state index contributed by atoms with van der Waals surface area (Å²) in [4.78, 5) is 0.101. The van der Waals surface area contributed by atoms with E-state index >= 15 is 0 Å². The van der Waals surface area contributed by atoms with Gasteiger partial charge in [-0.15, -0.1) is 0 Å². The molecule has 0 bridgehead atoms. The Morgan fingerprint density at radius 3 is 2.47 bits per heavy atom. The maximum Gasteiger partial charge on any atom is 0.259 e. The maximum atomic E-state index is 12.2. The minimum absolute atomic E-state index is 0.00147. The Morgan fingerprint density at radius 1 is 1.47 bits per heavy atom. The molecule has 110 valence electrons. The highest BCUT2D eigenvalue weighted by atomic mass is 79.9. The zero-order valence-corrected chi connectivity index (χ0v) is 14.4. The average molecular weight is 373 g/mol. The number of nitrogens with one attached hydrogen (secondary N) is 1. The molecule has 19 heavy (non-hydrogen) atoms. The summed E-state index contributed by atoms with van der Waals surface area (Å²) in [5.41, 5.74) is 0. The van der Waals surface area contributed by atoms with Crippen molar-refractivity contribution in [2.24, 2.45) is 13.0 Å². The second-order valence-electron chi connectivity index (χ2n) is 4.37. The van der Waals surface area contributed by atoms with E-state index in [0.29, 0.717) is 12.5 Å². The smallest absolute Gasteiger partial charge is 0.255 e. The SMILES string of the molecule is CCC(CC)C(Br)CNS(=O)(=O)c1c(Cl)cnn1C. The van der Waals surface area contributed by atoms with Crippen molar-refractivity contribution < 1.29 is 8.42 Å². The van der Waals surface area contributed by atoms with Crippen molar-refractivity contribution >= 4 is 37.6 Å². The molecule has 0 radical (unpaired) electrons. The molecule has 5 nitrogen and oxygen atoms in total. The second-order valence-corrected chi connectivity index (χ2v) is 7.63. The molecule has 0 saturated heterocycles. The highest BCUT2D eigenvalue weighted by Gasteiger charge is 2.24. The highest BCUT2D eigenvalue weighted by Crippen LogP contribution is 2.22. The standard InChI is InChI=1S/C11H19BrClN3O2S/c1-4-8(5-2)9(12)6-15-19(17,18)11-10(13)7-14-16(11)3/h7-9,15H,4-6H2,1-3H3. The van der Waals surface area contributed by atoms with Crippen molar-refractivity contribution in [3.05, 3.63) is 11.2 Å². The molecule has 0 aliphatic heterocycles. The van der Waals surface area contributed by atoms with Gasteiger partial charge in [-0.3, -0.25) is 4.68 Å². The summed E-state index contributed by atoms with van der Waals surface area (Å²) in [6.07, 6.45) is 3.32. The summed E-state index contributed by atoms with van der Waals surface area (Å²) in [7, 11) is -2.09. The number of nitrogens with zero attached hydrogens (tertiary/aromatic N) is 2. The van der Waals surface area contributed by atoms with Gasteiger partial charge in [-0.1, -0.05) is 54.2 Å². The van der Waals surface area contributed by atoms with Crippen LogP contribution in [0.1, 0.15) is 26.7 Å². The number of sulfonamides is 1. The molecule has 0 saturated carbocycles. The van der Waals surface area contributed by atoms with E-state index in [1.165, 1.54) is 10.9 Å². The molecule has 1 atom stereocenters. The third kappa shape index (κ3) is 4.18. The van der Waals surface area contributed by atoms with E-state index in [4.69, 9.17) is 11.6 Å². The number of aryl methyl sites for hydroxylation is 1. The van der Waals surface area contributed by atoms with Gasteiger partial charge in [0.05, 0.1) is 11.2 Å². The van der Waals surface area contributed by atoms with E-state index in [1.807, 2.05) is 0 Å². The molecule has 0 aliphatic carbocycles. The summed E-state index contributed by atoms with van der Waals surface area (Å²) in [5, 5.41) is 3.96. The van der Waals surface area contributed by atoms with E-state index in [9.17, 15) is 8.42 Å². The number of hydrogen-bond acceptors (Lipinski definition) is 3. The van der Waals surface area contributed by atoms with Crippen molar-refractivity contribution in [1.29, 1.82) is 0 Å². The summed E-state index contributed by atoms with van der Waals surface area (Å²) in [5.74, 6) is 0.435. The molecule has 1 aromatic heterocycles. The van der Waals surface area contributed by atoms with Crippen LogP contribution in [0.4, 0.5) is 0 Å². The first-order chi connectivity index (χ1) is 8.83. The third-order valence-corrected chi connectivity index (χ3v) is 6.13. The molecule has 0 fully saturated rings. The van der Waals surface area contributed by atoms with Crippen LogP contribution in [0.2, 0.25) is 5.02 Å². The topological polar surface area (TPSA) is 64.0 Å². The Bertz CT molecular complexity index is 495. The zero-order chi connectivity index (χ0) is 14.6. The summed E-state index contributed by atoms with van der Waals surface area (Å²) < 4.78 is 28.1. The van der Waals surface area contributed by atoms with Crippen LogP contribution >= 0.6 is 27.5 Å². The van der Waals surface area contributed by atoms with Crippen LogP contribution in [0.15, 0.2) is 11.2 Å². The maximum absolute atomic E-state index is 12.2. The summed E-state index contributed by atoms with van der Waals surface area (Å²) in [6.45, 7) is 4.51. The first kappa shape index (κ1) is 16.9. The third-order valence-electron chi connectivity index (χ3n) is 3.13. The van der Waals surface area contributed by atoms with Gasteiger partial charge < -0.3 is 0 Å². The largest absolute Gasteiger partial charge is 0.259 e. The first-order valence-corrected chi connectivity index (χ1v) is 8.92. The molecule has 1 heterocycles.